The van der Waals surface area contributed by atoms with Crippen molar-refractivity contribution < 1.29 is 4.74 Å². The lowest BCUT2D eigenvalue weighted by atomic mass is 10.1. The second-order valence-electron chi connectivity index (χ2n) is 6.33. The predicted molar refractivity (Wildman–Crippen MR) is 109 cm³/mol. The molecule has 2 aromatic carbocycles. The molecule has 26 heavy (non-hydrogen) atoms. The van der Waals surface area contributed by atoms with Crippen LogP contribution in [0.3, 0.4) is 0 Å². The highest BCUT2D eigenvalue weighted by atomic mass is 79.9. The number of halogens is 1. The summed E-state index contributed by atoms with van der Waals surface area (Å²) < 4.78 is 7.56. The summed E-state index contributed by atoms with van der Waals surface area (Å²) in [6.07, 6.45) is 1.69. The van der Waals surface area contributed by atoms with E-state index in [0.29, 0.717) is 29.8 Å². The van der Waals surface area contributed by atoms with Gasteiger partial charge in [-0.2, -0.15) is 0 Å². The third-order valence-electron chi connectivity index (χ3n) is 4.28. The van der Waals surface area contributed by atoms with Crippen LogP contribution in [0.2, 0.25) is 0 Å². The fourth-order valence-electron chi connectivity index (χ4n) is 3.02. The molecule has 0 aliphatic carbocycles. The van der Waals surface area contributed by atoms with Crippen LogP contribution in [0.25, 0.3) is 10.9 Å². The van der Waals surface area contributed by atoms with E-state index in [1.165, 1.54) is 5.56 Å². The lowest BCUT2D eigenvalue weighted by molar-refractivity contribution is 0.293. The third-order valence-corrected chi connectivity index (χ3v) is 4.60. The Labute approximate surface area is 162 Å². The maximum atomic E-state index is 12.8. The van der Waals surface area contributed by atoms with Gasteiger partial charge in [0.25, 0.3) is 5.56 Å². The van der Waals surface area contributed by atoms with Crippen molar-refractivity contribution in [1.82, 2.24) is 9.55 Å². The van der Waals surface area contributed by atoms with Gasteiger partial charge in [-0.15, -0.1) is 0 Å². The van der Waals surface area contributed by atoms with E-state index in [-0.39, 0.29) is 5.56 Å². The van der Waals surface area contributed by atoms with Gasteiger partial charge in [0.15, 0.2) is 0 Å². The molecule has 1 heterocycles. The van der Waals surface area contributed by atoms with Crippen LogP contribution in [0.5, 0.6) is 5.75 Å². The van der Waals surface area contributed by atoms with E-state index in [0.717, 1.165) is 23.5 Å². The number of nitrogens with zero attached hydrogens (tertiary/aromatic N) is 2. The number of aryl methyl sites for hydroxylation is 1. The number of benzene rings is 2. The largest absolute Gasteiger partial charge is 0.492 e. The highest BCUT2D eigenvalue weighted by Crippen LogP contribution is 2.15. The van der Waals surface area contributed by atoms with Crippen molar-refractivity contribution in [3.63, 3.8) is 0 Å². The first-order valence-electron chi connectivity index (χ1n) is 8.92. The Morgan fingerprint density at radius 3 is 2.58 bits per heavy atom. The second-order valence-corrected chi connectivity index (χ2v) is 7.90. The first-order chi connectivity index (χ1) is 12.6. The summed E-state index contributed by atoms with van der Waals surface area (Å²) in [6, 6.07) is 15.6. The third kappa shape index (κ3) is 4.33. The Balaban J connectivity index is 1.71. The van der Waals surface area contributed by atoms with Crippen LogP contribution < -0.4 is 10.3 Å². The van der Waals surface area contributed by atoms with Crippen molar-refractivity contribution in [3.05, 3.63) is 70.3 Å². The SMILES string of the molecule is CCc1nc2ccccc2c(=O)n1CCOc1ccc(CC(C)Br)cc1. The van der Waals surface area contributed by atoms with E-state index < -0.39 is 0 Å². The molecular formula is C21H23BrN2O2. The minimum absolute atomic E-state index is 0.00212. The summed E-state index contributed by atoms with van der Waals surface area (Å²) in [4.78, 5) is 17.8. The fourth-order valence-corrected chi connectivity index (χ4v) is 3.39. The molecule has 0 N–H and O–H groups in total. The highest BCUT2D eigenvalue weighted by Gasteiger charge is 2.09. The smallest absolute Gasteiger partial charge is 0.261 e. The fraction of sp³-hybridized carbons (Fsp3) is 0.333. The Hall–Kier alpha value is -2.14. The zero-order valence-electron chi connectivity index (χ0n) is 15.1. The average molecular weight is 415 g/mol. The van der Waals surface area contributed by atoms with Gasteiger partial charge in [0.1, 0.15) is 18.2 Å². The summed E-state index contributed by atoms with van der Waals surface area (Å²) in [5.41, 5.74) is 2.02. The number of aromatic nitrogens is 2. The quantitative estimate of drug-likeness (QED) is 0.539. The minimum atomic E-state index is -0.00212. The molecule has 5 heteroatoms. The zero-order valence-corrected chi connectivity index (χ0v) is 16.7. The van der Waals surface area contributed by atoms with Gasteiger partial charge >= 0.3 is 0 Å². The first kappa shape index (κ1) is 18.6. The standard InChI is InChI=1S/C21H23BrN2O2/c1-3-20-23-19-7-5-4-6-18(19)21(25)24(20)12-13-26-17-10-8-16(9-11-17)14-15(2)22/h4-11,15H,3,12-14H2,1-2H3. The molecule has 0 saturated heterocycles. The van der Waals surface area contributed by atoms with Crippen molar-refractivity contribution in [1.29, 1.82) is 0 Å². The van der Waals surface area contributed by atoms with Gasteiger partial charge in [-0.05, 0) is 36.2 Å². The van der Waals surface area contributed by atoms with Crippen LogP contribution in [0.15, 0.2) is 53.3 Å². The molecular weight excluding hydrogens is 392 g/mol. The molecule has 0 bridgehead atoms. The van der Waals surface area contributed by atoms with Crippen molar-refractivity contribution in [2.24, 2.45) is 0 Å². The normalized spacial score (nSPS) is 12.3. The maximum absolute atomic E-state index is 12.8. The molecule has 3 rings (SSSR count). The molecule has 0 aliphatic rings. The highest BCUT2D eigenvalue weighted by molar-refractivity contribution is 9.09. The summed E-state index contributed by atoms with van der Waals surface area (Å²) in [5.74, 6) is 1.61. The van der Waals surface area contributed by atoms with Crippen molar-refractivity contribution in [3.8, 4) is 5.75 Å². The number of rotatable bonds is 7. The molecule has 1 unspecified atom stereocenters. The van der Waals surface area contributed by atoms with E-state index in [4.69, 9.17) is 4.74 Å². The topological polar surface area (TPSA) is 44.1 Å². The molecule has 0 aliphatic heterocycles. The Morgan fingerprint density at radius 2 is 1.88 bits per heavy atom. The average Bonchev–Trinajstić information content (AvgIpc) is 2.64. The van der Waals surface area contributed by atoms with Crippen LogP contribution >= 0.6 is 15.9 Å². The number of hydrogen-bond acceptors (Lipinski definition) is 3. The molecule has 1 atom stereocenters. The van der Waals surface area contributed by atoms with Gasteiger partial charge in [0, 0.05) is 11.2 Å². The molecule has 0 radical (unpaired) electrons. The van der Waals surface area contributed by atoms with Crippen LogP contribution in [-0.4, -0.2) is 21.0 Å². The van der Waals surface area contributed by atoms with Crippen molar-refractivity contribution in [2.45, 2.75) is 38.1 Å². The van der Waals surface area contributed by atoms with Crippen molar-refractivity contribution in [2.75, 3.05) is 6.61 Å². The van der Waals surface area contributed by atoms with Gasteiger partial charge < -0.3 is 4.74 Å². The van der Waals surface area contributed by atoms with E-state index in [1.54, 1.807) is 4.57 Å². The molecule has 0 spiro atoms. The van der Waals surface area contributed by atoms with Crippen LogP contribution in [-0.2, 0) is 19.4 Å². The summed E-state index contributed by atoms with van der Waals surface area (Å²) in [7, 11) is 0. The Bertz CT molecular complexity index is 933. The van der Waals surface area contributed by atoms with Crippen molar-refractivity contribution >= 4 is 26.8 Å². The second kappa shape index (κ2) is 8.49. The monoisotopic (exact) mass is 414 g/mol. The van der Waals surface area contributed by atoms with E-state index in [1.807, 2.05) is 43.3 Å². The van der Waals surface area contributed by atoms with Crippen LogP contribution in [0, 0.1) is 0 Å². The number of fused-ring (bicyclic) bond motifs is 1. The number of ether oxygens (including phenoxy) is 1. The number of para-hydroxylation sites is 1. The van der Waals surface area contributed by atoms with Gasteiger partial charge in [-0.3, -0.25) is 9.36 Å². The number of hydrogen-bond donors (Lipinski definition) is 0. The molecule has 0 saturated carbocycles. The summed E-state index contributed by atoms with van der Waals surface area (Å²) in [5, 5.41) is 0.651. The first-order valence-corrected chi connectivity index (χ1v) is 9.84. The summed E-state index contributed by atoms with van der Waals surface area (Å²) >= 11 is 3.57. The van der Waals surface area contributed by atoms with E-state index in [9.17, 15) is 4.79 Å². The van der Waals surface area contributed by atoms with Crippen LogP contribution in [0.4, 0.5) is 0 Å². The van der Waals surface area contributed by atoms with Crippen LogP contribution in [0.1, 0.15) is 25.2 Å². The Kier molecular flexibility index (Phi) is 6.09. The van der Waals surface area contributed by atoms with Gasteiger partial charge in [-0.25, -0.2) is 4.98 Å². The summed E-state index contributed by atoms with van der Waals surface area (Å²) in [6.45, 7) is 5.06. The van der Waals surface area contributed by atoms with Gasteiger partial charge in [-0.1, -0.05) is 54.0 Å². The lowest BCUT2D eigenvalue weighted by Gasteiger charge is -2.13. The molecule has 0 fully saturated rings. The van der Waals surface area contributed by atoms with E-state index >= 15 is 0 Å². The molecule has 1 aromatic heterocycles. The van der Waals surface area contributed by atoms with Gasteiger partial charge in [0.05, 0.1) is 17.4 Å². The maximum Gasteiger partial charge on any atom is 0.261 e. The number of alkyl halides is 1. The molecule has 0 amide bonds. The molecule has 3 aromatic rings. The predicted octanol–water partition coefficient (Wildman–Crippen LogP) is 4.36. The zero-order chi connectivity index (χ0) is 18.5. The van der Waals surface area contributed by atoms with Gasteiger partial charge in [0.2, 0.25) is 0 Å². The minimum Gasteiger partial charge on any atom is -0.492 e. The Morgan fingerprint density at radius 1 is 1.15 bits per heavy atom. The molecule has 136 valence electrons. The van der Waals surface area contributed by atoms with E-state index in [2.05, 4.69) is 40.0 Å². The lowest BCUT2D eigenvalue weighted by Crippen LogP contribution is -2.27. The molecule has 4 nitrogen and oxygen atoms in total.